The number of amides is 1. The summed E-state index contributed by atoms with van der Waals surface area (Å²) in [6.07, 6.45) is 9.72. The van der Waals surface area contributed by atoms with Gasteiger partial charge in [-0.1, -0.05) is 26.5 Å². The first-order valence-electron chi connectivity index (χ1n) is 10.9. The first-order chi connectivity index (χ1) is 15.4. The van der Waals surface area contributed by atoms with Crippen LogP contribution in [0.25, 0.3) is 5.65 Å². The standard InChI is InChI=1S/C23H32N6O3/c1-7-10-18(22(24-4)32-6)26-19-14-28(17-11-16(12-17)27(5)20(30)9-3)23(31)29-15(8-2)13-25-21(19)29/h9-10,13-14,16-17,26H,3,7-8,11-12H2,1-2,4-6H3/b18-10+,24-22?. The molecule has 0 bridgehead atoms. The average Bonchev–Trinajstić information content (AvgIpc) is 3.20. The summed E-state index contributed by atoms with van der Waals surface area (Å²) >= 11 is 0. The van der Waals surface area contributed by atoms with Gasteiger partial charge in [0.05, 0.1) is 18.5 Å². The molecule has 3 rings (SSSR count). The number of nitrogens with one attached hydrogen (secondary N) is 1. The Hall–Kier alpha value is -3.36. The van der Waals surface area contributed by atoms with Gasteiger partial charge in [0.2, 0.25) is 11.8 Å². The summed E-state index contributed by atoms with van der Waals surface area (Å²) in [5.74, 6) is 0.361. The smallest absolute Gasteiger partial charge is 0.334 e. The number of fused-ring (bicyclic) bond motifs is 1. The third-order valence-electron chi connectivity index (χ3n) is 5.97. The predicted molar refractivity (Wildman–Crippen MR) is 126 cm³/mol. The number of imidazole rings is 1. The summed E-state index contributed by atoms with van der Waals surface area (Å²) in [5, 5.41) is 3.38. The van der Waals surface area contributed by atoms with Gasteiger partial charge in [0.1, 0.15) is 0 Å². The molecule has 0 spiro atoms. The van der Waals surface area contributed by atoms with Crippen LogP contribution in [0, 0.1) is 0 Å². The number of aromatic nitrogens is 3. The van der Waals surface area contributed by atoms with E-state index in [1.165, 1.54) is 6.08 Å². The lowest BCUT2D eigenvalue weighted by Crippen LogP contribution is -2.48. The minimum atomic E-state index is -0.127. The van der Waals surface area contributed by atoms with Gasteiger partial charge in [0, 0.05) is 44.3 Å². The molecule has 0 radical (unpaired) electrons. The monoisotopic (exact) mass is 440 g/mol. The van der Waals surface area contributed by atoms with Crippen LogP contribution in [0.3, 0.4) is 0 Å². The van der Waals surface area contributed by atoms with E-state index < -0.39 is 0 Å². The van der Waals surface area contributed by atoms with Gasteiger partial charge in [-0.2, -0.15) is 0 Å². The molecule has 0 atom stereocenters. The van der Waals surface area contributed by atoms with E-state index in [2.05, 4.69) is 21.9 Å². The maximum atomic E-state index is 13.4. The molecule has 1 aliphatic rings. The largest absolute Gasteiger partial charge is 0.480 e. The van der Waals surface area contributed by atoms with Crippen LogP contribution in [0.2, 0.25) is 0 Å². The molecule has 0 aromatic carbocycles. The van der Waals surface area contributed by atoms with Crippen LogP contribution < -0.4 is 11.0 Å². The lowest BCUT2D eigenvalue weighted by molar-refractivity contribution is -0.129. The number of nitrogens with zero attached hydrogens (tertiary/aromatic N) is 5. The Bertz CT molecular complexity index is 1120. The average molecular weight is 441 g/mol. The van der Waals surface area contributed by atoms with Crippen molar-refractivity contribution < 1.29 is 9.53 Å². The Labute approximate surface area is 188 Å². The number of likely N-dealkylation sites (N-methyl/N-ethyl adjacent to an activating group) is 1. The van der Waals surface area contributed by atoms with Crippen LogP contribution in [0.4, 0.5) is 5.69 Å². The van der Waals surface area contributed by atoms with Crippen molar-refractivity contribution in [3.05, 3.63) is 53.0 Å². The summed E-state index contributed by atoms with van der Waals surface area (Å²) in [5.41, 5.74) is 2.69. The third kappa shape index (κ3) is 4.19. The molecule has 0 saturated heterocycles. The summed E-state index contributed by atoms with van der Waals surface area (Å²) in [7, 11) is 5.01. The van der Waals surface area contributed by atoms with Gasteiger partial charge >= 0.3 is 5.69 Å². The quantitative estimate of drug-likeness (QED) is 0.387. The van der Waals surface area contributed by atoms with Crippen molar-refractivity contribution in [1.82, 2.24) is 18.9 Å². The fraction of sp³-hybridized carbons (Fsp3) is 0.478. The molecule has 172 valence electrons. The van der Waals surface area contributed by atoms with Crippen molar-refractivity contribution in [3.63, 3.8) is 0 Å². The van der Waals surface area contributed by atoms with Gasteiger partial charge in [-0.3, -0.25) is 14.4 Å². The summed E-state index contributed by atoms with van der Waals surface area (Å²) in [6.45, 7) is 7.58. The highest BCUT2D eigenvalue weighted by Gasteiger charge is 2.36. The number of methoxy groups -OCH3 is 1. The van der Waals surface area contributed by atoms with E-state index in [1.807, 2.05) is 26.1 Å². The second-order valence-corrected chi connectivity index (χ2v) is 7.81. The van der Waals surface area contributed by atoms with Gasteiger partial charge in [-0.05, 0) is 31.8 Å². The van der Waals surface area contributed by atoms with Crippen molar-refractivity contribution >= 4 is 23.1 Å². The topological polar surface area (TPSA) is 93.2 Å². The Morgan fingerprint density at radius 3 is 2.72 bits per heavy atom. The number of anilines is 1. The molecule has 1 fully saturated rings. The maximum Gasteiger partial charge on any atom is 0.334 e. The van der Waals surface area contributed by atoms with Crippen LogP contribution in [0.1, 0.15) is 44.8 Å². The molecule has 2 aromatic heterocycles. The van der Waals surface area contributed by atoms with Crippen LogP contribution in [0.15, 0.2) is 46.6 Å². The Morgan fingerprint density at radius 2 is 2.16 bits per heavy atom. The molecule has 32 heavy (non-hydrogen) atoms. The molecule has 2 aromatic rings. The number of rotatable bonds is 8. The van der Waals surface area contributed by atoms with Crippen LogP contribution in [-0.4, -0.2) is 57.9 Å². The van der Waals surface area contributed by atoms with Gasteiger partial charge < -0.3 is 15.0 Å². The maximum absolute atomic E-state index is 13.4. The zero-order valence-corrected chi connectivity index (χ0v) is 19.5. The second kappa shape index (κ2) is 9.84. The Kier molecular flexibility index (Phi) is 7.17. The number of ether oxygens (including phenoxy) is 1. The van der Waals surface area contributed by atoms with E-state index in [-0.39, 0.29) is 23.7 Å². The highest BCUT2D eigenvalue weighted by Crippen LogP contribution is 2.35. The van der Waals surface area contributed by atoms with Gasteiger partial charge in [0.25, 0.3) is 0 Å². The molecule has 0 unspecified atom stereocenters. The fourth-order valence-corrected chi connectivity index (χ4v) is 4.05. The van der Waals surface area contributed by atoms with E-state index in [0.29, 0.717) is 42.2 Å². The molecule has 9 heteroatoms. The SMILES string of the molecule is C=CC(=O)N(C)C1CC(n2cc(N/C(=C/CC)C(=NC)OC)c3ncc(CC)n3c2=O)C1. The van der Waals surface area contributed by atoms with Crippen molar-refractivity contribution in [2.24, 2.45) is 4.99 Å². The minimum absolute atomic E-state index is 0.00929. The predicted octanol–water partition coefficient (Wildman–Crippen LogP) is 2.79. The molecule has 1 amide bonds. The van der Waals surface area contributed by atoms with Crippen LogP contribution in [0.5, 0.6) is 0 Å². The normalized spacial score (nSPS) is 18.9. The first-order valence-corrected chi connectivity index (χ1v) is 10.9. The van der Waals surface area contributed by atoms with Gasteiger partial charge in [0.15, 0.2) is 5.65 Å². The van der Waals surface area contributed by atoms with E-state index >= 15 is 0 Å². The number of aryl methyl sites for hydroxylation is 1. The molecule has 1 saturated carbocycles. The molecular weight excluding hydrogens is 408 g/mol. The summed E-state index contributed by atoms with van der Waals surface area (Å²) < 4.78 is 8.82. The molecule has 9 nitrogen and oxygen atoms in total. The zero-order valence-electron chi connectivity index (χ0n) is 19.5. The van der Waals surface area contributed by atoms with E-state index in [9.17, 15) is 9.59 Å². The Morgan fingerprint density at radius 1 is 1.44 bits per heavy atom. The lowest BCUT2D eigenvalue weighted by atomic mass is 9.85. The highest BCUT2D eigenvalue weighted by atomic mass is 16.5. The number of hydrogen-bond acceptors (Lipinski definition) is 6. The summed E-state index contributed by atoms with van der Waals surface area (Å²) in [4.78, 5) is 35.7. The van der Waals surface area contributed by atoms with E-state index in [4.69, 9.17) is 4.74 Å². The number of carbonyl (C=O) groups is 1. The second-order valence-electron chi connectivity index (χ2n) is 7.81. The van der Waals surface area contributed by atoms with E-state index in [1.54, 1.807) is 41.3 Å². The molecule has 1 N–H and O–H groups in total. The third-order valence-corrected chi connectivity index (χ3v) is 5.97. The Balaban J connectivity index is 2.03. The number of hydrogen-bond donors (Lipinski definition) is 1. The van der Waals surface area contributed by atoms with Gasteiger partial charge in [-0.15, -0.1) is 0 Å². The number of aliphatic imine (C=N–C) groups is 1. The van der Waals surface area contributed by atoms with Crippen molar-refractivity contribution in [1.29, 1.82) is 0 Å². The molecule has 0 aliphatic heterocycles. The van der Waals surface area contributed by atoms with Crippen molar-refractivity contribution in [2.45, 2.75) is 51.6 Å². The highest BCUT2D eigenvalue weighted by molar-refractivity contribution is 5.97. The minimum Gasteiger partial charge on any atom is -0.480 e. The molecule has 2 heterocycles. The zero-order chi connectivity index (χ0) is 23.4. The van der Waals surface area contributed by atoms with Crippen molar-refractivity contribution in [2.75, 3.05) is 26.5 Å². The summed E-state index contributed by atoms with van der Waals surface area (Å²) in [6, 6.07) is 0.0748. The molecule has 1 aliphatic carbocycles. The number of carbonyl (C=O) groups excluding carboxylic acids is 1. The first kappa shape index (κ1) is 23.3. The van der Waals surface area contributed by atoms with Crippen molar-refractivity contribution in [3.8, 4) is 0 Å². The van der Waals surface area contributed by atoms with Gasteiger partial charge in [-0.25, -0.2) is 14.2 Å². The van der Waals surface area contributed by atoms with Crippen LogP contribution in [-0.2, 0) is 16.0 Å². The molecular formula is C23H32N6O3. The number of allylic oxidation sites excluding steroid dienone is 1. The fourth-order valence-electron chi connectivity index (χ4n) is 4.05. The lowest BCUT2D eigenvalue weighted by Gasteiger charge is -2.41. The van der Waals surface area contributed by atoms with E-state index in [0.717, 1.165) is 12.1 Å². The van der Waals surface area contributed by atoms with Crippen LogP contribution >= 0.6 is 0 Å².